The first-order valence-corrected chi connectivity index (χ1v) is 10.4. The second kappa shape index (κ2) is 10.3. The van der Waals surface area contributed by atoms with Gasteiger partial charge in [0.1, 0.15) is 5.82 Å². The number of piperazine rings is 1. The van der Waals surface area contributed by atoms with Crippen LogP contribution in [0.4, 0.5) is 14.9 Å². The lowest BCUT2D eigenvalue weighted by molar-refractivity contribution is 0.176. The Kier molecular flexibility index (Phi) is 7.47. The van der Waals surface area contributed by atoms with Gasteiger partial charge in [0.05, 0.1) is 0 Å². The number of anilines is 1. The lowest BCUT2D eigenvalue weighted by Crippen LogP contribution is -2.53. The lowest BCUT2D eigenvalue weighted by Gasteiger charge is -2.39. The molecular weight excluding hydrogens is 367 g/mol. The molecule has 2 aromatic rings. The number of carbonyl (C=O) groups excluding carboxylic acids is 1. The van der Waals surface area contributed by atoms with E-state index in [1.54, 1.807) is 11.0 Å². The molecule has 2 aromatic carbocycles. The van der Waals surface area contributed by atoms with Gasteiger partial charge in [-0.15, -0.1) is 0 Å². The normalized spacial score (nSPS) is 15.8. The summed E-state index contributed by atoms with van der Waals surface area (Å²) in [5.74, 6) is -0.276. The average Bonchev–Trinajstić information content (AvgIpc) is 2.76. The molecule has 29 heavy (non-hydrogen) atoms. The fourth-order valence-corrected chi connectivity index (χ4v) is 3.72. The molecule has 3 rings (SSSR count). The zero-order chi connectivity index (χ0) is 20.6. The summed E-state index contributed by atoms with van der Waals surface area (Å²) < 4.78 is 13.4. The van der Waals surface area contributed by atoms with Crippen LogP contribution in [0.1, 0.15) is 19.4 Å². The summed E-state index contributed by atoms with van der Waals surface area (Å²) in [4.78, 5) is 19.1. The maximum absolute atomic E-state index is 13.4. The van der Waals surface area contributed by atoms with Gasteiger partial charge in [0.15, 0.2) is 0 Å². The van der Waals surface area contributed by atoms with Crippen LogP contribution in [0.2, 0.25) is 0 Å². The predicted octanol–water partition coefficient (Wildman–Crippen LogP) is 3.57. The molecule has 0 bridgehead atoms. The molecule has 1 saturated heterocycles. The first kappa shape index (κ1) is 21.1. The highest BCUT2D eigenvalue weighted by molar-refractivity contribution is 5.74. The Balaban J connectivity index is 1.44. The van der Waals surface area contributed by atoms with E-state index in [0.717, 1.165) is 31.7 Å². The number of benzene rings is 2. The third-order valence-electron chi connectivity index (χ3n) is 5.54. The van der Waals surface area contributed by atoms with Crippen LogP contribution in [0, 0.1) is 5.82 Å². The summed E-state index contributed by atoms with van der Waals surface area (Å²) in [5.41, 5.74) is 2.07. The lowest BCUT2D eigenvalue weighted by atomic mass is 10.2. The molecule has 156 valence electrons. The highest BCUT2D eigenvalue weighted by atomic mass is 19.1. The molecule has 0 saturated carbocycles. The fraction of sp³-hybridized carbons (Fsp3) is 0.435. The molecule has 1 fully saturated rings. The monoisotopic (exact) mass is 398 g/mol. The molecular formula is C23H31FN4O. The van der Waals surface area contributed by atoms with E-state index < -0.39 is 0 Å². The number of hydrogen-bond donors (Lipinski definition) is 1. The van der Waals surface area contributed by atoms with E-state index in [1.165, 1.54) is 17.8 Å². The predicted molar refractivity (Wildman–Crippen MR) is 116 cm³/mol. The van der Waals surface area contributed by atoms with Gasteiger partial charge in [0.2, 0.25) is 0 Å². The Morgan fingerprint density at radius 2 is 1.83 bits per heavy atom. The molecule has 1 aliphatic rings. The smallest absolute Gasteiger partial charge is 0.317 e. The zero-order valence-corrected chi connectivity index (χ0v) is 17.4. The number of carbonyl (C=O) groups is 1. The molecule has 2 amide bonds. The number of halogens is 1. The van der Waals surface area contributed by atoms with Gasteiger partial charge in [0, 0.05) is 57.5 Å². The fourth-order valence-electron chi connectivity index (χ4n) is 3.72. The number of nitrogens with one attached hydrogen (secondary N) is 1. The maximum atomic E-state index is 13.4. The van der Waals surface area contributed by atoms with E-state index in [0.29, 0.717) is 19.6 Å². The topological polar surface area (TPSA) is 38.8 Å². The van der Waals surface area contributed by atoms with E-state index >= 15 is 0 Å². The highest BCUT2D eigenvalue weighted by Gasteiger charge is 2.22. The van der Waals surface area contributed by atoms with E-state index in [-0.39, 0.29) is 17.9 Å². The summed E-state index contributed by atoms with van der Waals surface area (Å²) in [6, 6.07) is 17.1. The van der Waals surface area contributed by atoms with Crippen LogP contribution in [0.15, 0.2) is 54.6 Å². The molecule has 1 aliphatic heterocycles. The standard InChI is InChI=1S/C23H31FN4O/c1-3-26(18-20-8-7-9-21(24)16-20)23(29)25-17-19(2)27-12-14-28(15-13-27)22-10-5-4-6-11-22/h4-11,16,19H,3,12-15,17-18H2,1-2H3,(H,25,29). The number of hydrogen-bond acceptors (Lipinski definition) is 3. The van der Waals surface area contributed by atoms with Gasteiger partial charge in [-0.2, -0.15) is 0 Å². The molecule has 5 nitrogen and oxygen atoms in total. The van der Waals surface area contributed by atoms with Gasteiger partial charge < -0.3 is 15.1 Å². The van der Waals surface area contributed by atoms with Crippen molar-refractivity contribution >= 4 is 11.7 Å². The second-order valence-corrected chi connectivity index (χ2v) is 7.54. The van der Waals surface area contributed by atoms with E-state index in [4.69, 9.17) is 0 Å². The molecule has 0 spiro atoms. The summed E-state index contributed by atoms with van der Waals surface area (Å²) in [6.07, 6.45) is 0. The summed E-state index contributed by atoms with van der Waals surface area (Å²) in [6.45, 7) is 9.61. The van der Waals surface area contributed by atoms with Gasteiger partial charge in [0.25, 0.3) is 0 Å². The van der Waals surface area contributed by atoms with Gasteiger partial charge in [-0.25, -0.2) is 9.18 Å². The molecule has 0 radical (unpaired) electrons. The third kappa shape index (κ3) is 5.94. The molecule has 0 aromatic heterocycles. The van der Waals surface area contributed by atoms with Crippen molar-refractivity contribution in [1.29, 1.82) is 0 Å². The van der Waals surface area contributed by atoms with Crippen LogP contribution in [-0.2, 0) is 6.54 Å². The average molecular weight is 399 g/mol. The zero-order valence-electron chi connectivity index (χ0n) is 17.4. The molecule has 1 unspecified atom stereocenters. The minimum atomic E-state index is -0.276. The molecule has 6 heteroatoms. The highest BCUT2D eigenvalue weighted by Crippen LogP contribution is 2.16. The van der Waals surface area contributed by atoms with Crippen molar-refractivity contribution in [2.24, 2.45) is 0 Å². The van der Waals surface area contributed by atoms with Crippen LogP contribution in [0.25, 0.3) is 0 Å². The van der Waals surface area contributed by atoms with Crippen LogP contribution >= 0.6 is 0 Å². The Morgan fingerprint density at radius 1 is 1.10 bits per heavy atom. The SMILES string of the molecule is CCN(Cc1cccc(F)c1)C(=O)NCC(C)N1CCN(c2ccccc2)CC1. The Hall–Kier alpha value is -2.60. The van der Waals surface area contributed by atoms with Crippen molar-refractivity contribution in [2.75, 3.05) is 44.2 Å². The number of para-hydroxylation sites is 1. The van der Waals surface area contributed by atoms with Crippen LogP contribution < -0.4 is 10.2 Å². The van der Waals surface area contributed by atoms with Gasteiger partial charge >= 0.3 is 6.03 Å². The second-order valence-electron chi connectivity index (χ2n) is 7.54. The van der Waals surface area contributed by atoms with Crippen LogP contribution in [0.3, 0.4) is 0 Å². The van der Waals surface area contributed by atoms with Crippen molar-refractivity contribution in [3.8, 4) is 0 Å². The number of nitrogens with zero attached hydrogens (tertiary/aromatic N) is 3. The first-order valence-electron chi connectivity index (χ1n) is 10.4. The maximum Gasteiger partial charge on any atom is 0.317 e. The van der Waals surface area contributed by atoms with Crippen molar-refractivity contribution in [2.45, 2.75) is 26.4 Å². The van der Waals surface area contributed by atoms with E-state index in [1.807, 2.05) is 19.1 Å². The molecule has 1 N–H and O–H groups in total. The van der Waals surface area contributed by atoms with Gasteiger partial charge in [-0.3, -0.25) is 4.90 Å². The Morgan fingerprint density at radius 3 is 2.48 bits per heavy atom. The summed E-state index contributed by atoms with van der Waals surface area (Å²) in [7, 11) is 0. The van der Waals surface area contributed by atoms with Crippen LogP contribution in [0.5, 0.6) is 0 Å². The third-order valence-corrected chi connectivity index (χ3v) is 5.54. The van der Waals surface area contributed by atoms with Crippen molar-refractivity contribution < 1.29 is 9.18 Å². The largest absolute Gasteiger partial charge is 0.369 e. The molecule has 0 aliphatic carbocycles. The van der Waals surface area contributed by atoms with Crippen LogP contribution in [-0.4, -0.2) is 61.1 Å². The first-order chi connectivity index (χ1) is 14.1. The molecule has 1 atom stereocenters. The minimum absolute atomic E-state index is 0.105. The Bertz CT molecular complexity index is 777. The minimum Gasteiger partial charge on any atom is -0.369 e. The van der Waals surface area contributed by atoms with Gasteiger partial charge in [-0.1, -0.05) is 30.3 Å². The van der Waals surface area contributed by atoms with Gasteiger partial charge in [-0.05, 0) is 43.7 Å². The van der Waals surface area contributed by atoms with Crippen molar-refractivity contribution in [3.05, 3.63) is 66.0 Å². The number of urea groups is 1. The van der Waals surface area contributed by atoms with Crippen molar-refractivity contribution in [3.63, 3.8) is 0 Å². The quantitative estimate of drug-likeness (QED) is 0.775. The van der Waals surface area contributed by atoms with E-state index in [2.05, 4.69) is 46.3 Å². The van der Waals surface area contributed by atoms with E-state index in [9.17, 15) is 9.18 Å². The summed E-state index contributed by atoms with van der Waals surface area (Å²) >= 11 is 0. The van der Waals surface area contributed by atoms with Crippen molar-refractivity contribution in [1.82, 2.24) is 15.1 Å². The number of amides is 2. The Labute approximate surface area is 173 Å². The number of rotatable bonds is 7. The summed E-state index contributed by atoms with van der Waals surface area (Å²) in [5, 5.41) is 3.05. The molecule has 1 heterocycles.